The maximum absolute atomic E-state index is 13.0. The number of aryl methyl sites for hydroxylation is 1. The molecule has 0 atom stereocenters. The van der Waals surface area contributed by atoms with Crippen LogP contribution in [-0.2, 0) is 13.1 Å². The first-order valence-corrected chi connectivity index (χ1v) is 12.1. The van der Waals surface area contributed by atoms with Crippen LogP contribution in [0.4, 0.5) is 0 Å². The lowest BCUT2D eigenvalue weighted by molar-refractivity contribution is 0.102. The minimum atomic E-state index is 0.129. The molecular formula is C21H22N4OS3. The second-order valence-electron chi connectivity index (χ2n) is 6.69. The maximum atomic E-state index is 13.0. The highest BCUT2D eigenvalue weighted by molar-refractivity contribution is 7.99. The molecule has 0 spiro atoms. The molecule has 4 rings (SSSR count). The van der Waals surface area contributed by atoms with E-state index in [0.717, 1.165) is 45.9 Å². The Labute approximate surface area is 182 Å². The maximum Gasteiger partial charge on any atom is 0.191 e. The molecule has 5 nitrogen and oxygen atoms in total. The Hall–Kier alpha value is -2.16. The molecule has 0 fully saturated rings. The third-order valence-corrected chi connectivity index (χ3v) is 7.57. The van der Waals surface area contributed by atoms with Crippen LogP contribution < -0.4 is 0 Å². The molecule has 0 saturated heterocycles. The Kier molecular flexibility index (Phi) is 6.03. The van der Waals surface area contributed by atoms with E-state index < -0.39 is 0 Å². The zero-order chi connectivity index (χ0) is 20.4. The Balaban J connectivity index is 1.49. The predicted octanol–water partition coefficient (Wildman–Crippen LogP) is 5.53. The molecule has 0 saturated carbocycles. The molecular weight excluding hydrogens is 420 g/mol. The number of carbonyl (C=O) groups excluding carboxylic acids is 1. The number of hydrogen-bond donors (Lipinski definition) is 0. The summed E-state index contributed by atoms with van der Waals surface area (Å²) < 4.78 is 4.29. The average molecular weight is 443 g/mol. The van der Waals surface area contributed by atoms with E-state index in [0.29, 0.717) is 5.75 Å². The summed E-state index contributed by atoms with van der Waals surface area (Å²) in [7, 11) is 0. The molecule has 0 aromatic carbocycles. The van der Waals surface area contributed by atoms with Crippen LogP contribution in [0.3, 0.4) is 0 Å². The van der Waals surface area contributed by atoms with Gasteiger partial charge in [-0.1, -0.05) is 23.9 Å². The standard InChI is InChI=1S/C21H22N4OS3/c1-4-24-20(19-8-6-10-28-19)22-23-21(24)29-13-18(26)17-11-14(2)25(15(17)3)12-16-7-5-9-27-16/h5-11H,4,12-13H2,1-3H3. The van der Waals surface area contributed by atoms with Crippen molar-refractivity contribution in [1.82, 2.24) is 19.3 Å². The van der Waals surface area contributed by atoms with Gasteiger partial charge in [-0.05, 0) is 49.7 Å². The normalized spacial score (nSPS) is 11.3. The van der Waals surface area contributed by atoms with Crippen molar-refractivity contribution in [1.29, 1.82) is 0 Å². The Morgan fingerprint density at radius 2 is 1.90 bits per heavy atom. The van der Waals surface area contributed by atoms with E-state index in [9.17, 15) is 4.79 Å². The van der Waals surface area contributed by atoms with Gasteiger partial charge in [-0.15, -0.1) is 32.9 Å². The van der Waals surface area contributed by atoms with Crippen molar-refractivity contribution in [3.05, 3.63) is 62.9 Å². The third-order valence-electron chi connectivity index (χ3n) is 4.88. The smallest absolute Gasteiger partial charge is 0.191 e. The van der Waals surface area contributed by atoms with Crippen molar-refractivity contribution < 1.29 is 4.79 Å². The number of Topliss-reactive ketones (excluding diaryl/α,β-unsaturated/α-hetero) is 1. The fourth-order valence-electron chi connectivity index (χ4n) is 3.36. The highest BCUT2D eigenvalue weighted by Gasteiger charge is 2.19. The molecule has 4 aromatic heterocycles. The van der Waals surface area contributed by atoms with Gasteiger partial charge in [0.05, 0.1) is 17.2 Å². The summed E-state index contributed by atoms with van der Waals surface area (Å²) in [6, 6.07) is 10.3. The lowest BCUT2D eigenvalue weighted by Gasteiger charge is -2.08. The number of thiophene rings is 2. The molecule has 4 heterocycles. The number of hydrogen-bond acceptors (Lipinski definition) is 6. The van der Waals surface area contributed by atoms with Crippen LogP contribution in [0.1, 0.15) is 33.5 Å². The molecule has 0 aliphatic rings. The van der Waals surface area contributed by atoms with Crippen molar-refractivity contribution in [3.8, 4) is 10.7 Å². The van der Waals surface area contributed by atoms with E-state index in [-0.39, 0.29) is 5.78 Å². The monoisotopic (exact) mass is 442 g/mol. The van der Waals surface area contributed by atoms with Gasteiger partial charge in [0.15, 0.2) is 16.8 Å². The quantitative estimate of drug-likeness (QED) is 0.266. The van der Waals surface area contributed by atoms with E-state index in [2.05, 4.69) is 50.7 Å². The fraction of sp³-hybridized carbons (Fsp3) is 0.286. The Morgan fingerprint density at radius 3 is 2.59 bits per heavy atom. The number of ketones is 1. The van der Waals surface area contributed by atoms with Gasteiger partial charge < -0.3 is 9.13 Å². The van der Waals surface area contributed by atoms with Gasteiger partial charge in [-0.3, -0.25) is 4.79 Å². The predicted molar refractivity (Wildman–Crippen MR) is 121 cm³/mol. The highest BCUT2D eigenvalue weighted by Crippen LogP contribution is 2.28. The minimum absolute atomic E-state index is 0.129. The first-order chi connectivity index (χ1) is 14.1. The van der Waals surface area contributed by atoms with E-state index in [1.807, 2.05) is 30.5 Å². The molecule has 29 heavy (non-hydrogen) atoms. The molecule has 8 heteroatoms. The van der Waals surface area contributed by atoms with Gasteiger partial charge in [0.25, 0.3) is 0 Å². The zero-order valence-electron chi connectivity index (χ0n) is 16.6. The molecule has 0 N–H and O–H groups in total. The second-order valence-corrected chi connectivity index (χ2v) is 9.61. The molecule has 0 aliphatic carbocycles. The van der Waals surface area contributed by atoms with E-state index >= 15 is 0 Å². The van der Waals surface area contributed by atoms with E-state index in [1.54, 1.807) is 22.7 Å². The van der Waals surface area contributed by atoms with Gasteiger partial charge in [0.1, 0.15) is 0 Å². The van der Waals surface area contributed by atoms with Crippen LogP contribution in [0.5, 0.6) is 0 Å². The van der Waals surface area contributed by atoms with Crippen LogP contribution in [0, 0.1) is 13.8 Å². The summed E-state index contributed by atoms with van der Waals surface area (Å²) in [5.74, 6) is 1.35. The topological polar surface area (TPSA) is 52.7 Å². The van der Waals surface area contributed by atoms with Crippen LogP contribution in [0.25, 0.3) is 10.7 Å². The van der Waals surface area contributed by atoms with Crippen molar-refractivity contribution in [2.24, 2.45) is 0 Å². The summed E-state index contributed by atoms with van der Waals surface area (Å²) in [5.41, 5.74) is 2.94. The van der Waals surface area contributed by atoms with Crippen LogP contribution in [-0.4, -0.2) is 30.9 Å². The highest BCUT2D eigenvalue weighted by atomic mass is 32.2. The van der Waals surface area contributed by atoms with Gasteiger partial charge in [-0.2, -0.15) is 0 Å². The summed E-state index contributed by atoms with van der Waals surface area (Å²) in [5, 5.41) is 13.6. The Bertz CT molecular complexity index is 1110. The van der Waals surface area contributed by atoms with Crippen molar-refractivity contribution in [3.63, 3.8) is 0 Å². The van der Waals surface area contributed by atoms with Crippen LogP contribution >= 0.6 is 34.4 Å². The van der Waals surface area contributed by atoms with E-state index in [1.165, 1.54) is 16.6 Å². The second kappa shape index (κ2) is 8.69. The average Bonchev–Trinajstić information content (AvgIpc) is 3.50. The summed E-state index contributed by atoms with van der Waals surface area (Å²) in [6.07, 6.45) is 0. The number of nitrogens with zero attached hydrogens (tertiary/aromatic N) is 4. The van der Waals surface area contributed by atoms with Crippen LogP contribution in [0.15, 0.2) is 46.2 Å². The number of carbonyl (C=O) groups is 1. The third kappa shape index (κ3) is 4.10. The van der Waals surface area contributed by atoms with Gasteiger partial charge in [0, 0.05) is 28.4 Å². The molecule has 4 aromatic rings. The Morgan fingerprint density at radius 1 is 1.10 bits per heavy atom. The zero-order valence-corrected chi connectivity index (χ0v) is 19.0. The minimum Gasteiger partial charge on any atom is -0.343 e. The summed E-state index contributed by atoms with van der Waals surface area (Å²) in [6.45, 7) is 7.74. The SMILES string of the molecule is CCn1c(SCC(=O)c2cc(C)n(Cc3cccs3)c2C)nnc1-c1cccs1. The number of aromatic nitrogens is 4. The molecule has 0 radical (unpaired) electrons. The van der Waals surface area contributed by atoms with Gasteiger partial charge >= 0.3 is 0 Å². The molecule has 0 aliphatic heterocycles. The van der Waals surface area contributed by atoms with Crippen molar-refractivity contribution >= 4 is 40.2 Å². The van der Waals surface area contributed by atoms with Gasteiger partial charge in [-0.25, -0.2) is 0 Å². The van der Waals surface area contributed by atoms with E-state index in [4.69, 9.17) is 0 Å². The first-order valence-electron chi connectivity index (χ1n) is 9.40. The number of rotatable bonds is 8. The largest absolute Gasteiger partial charge is 0.343 e. The summed E-state index contributed by atoms with van der Waals surface area (Å²) in [4.78, 5) is 15.3. The first kappa shape index (κ1) is 20.1. The summed E-state index contributed by atoms with van der Waals surface area (Å²) >= 11 is 4.84. The van der Waals surface area contributed by atoms with Crippen LogP contribution in [0.2, 0.25) is 0 Å². The molecule has 0 bridgehead atoms. The molecule has 0 amide bonds. The molecule has 150 valence electrons. The number of thioether (sulfide) groups is 1. The molecule has 0 unspecified atom stereocenters. The fourth-order valence-corrected chi connectivity index (χ4v) is 5.66. The van der Waals surface area contributed by atoms with Crippen molar-refractivity contribution in [2.45, 2.75) is 39.0 Å². The lowest BCUT2D eigenvalue weighted by atomic mass is 10.2. The van der Waals surface area contributed by atoms with Gasteiger partial charge in [0.2, 0.25) is 0 Å². The lowest BCUT2D eigenvalue weighted by Crippen LogP contribution is -2.08. The van der Waals surface area contributed by atoms with Crippen molar-refractivity contribution in [2.75, 3.05) is 5.75 Å².